The van der Waals surface area contributed by atoms with Crippen molar-refractivity contribution < 1.29 is 108 Å². The first-order valence-electron chi connectivity index (χ1n) is 5.06. The molecule has 0 saturated carbocycles. The van der Waals surface area contributed by atoms with Gasteiger partial charge in [-0.25, -0.2) is 0 Å². The average molecular weight is 407 g/mol. The zero-order chi connectivity index (χ0) is 19.3. The van der Waals surface area contributed by atoms with Gasteiger partial charge in [0.15, 0.2) is 0 Å². The summed E-state index contributed by atoms with van der Waals surface area (Å²) in [4.78, 5) is 0. The summed E-state index contributed by atoms with van der Waals surface area (Å²) in [6, 6.07) is 10.4. The van der Waals surface area contributed by atoms with Crippen molar-refractivity contribution >= 4 is 21.8 Å². The second-order valence-corrected chi connectivity index (χ2v) is 2.92. The number of rotatable bonds is 1. The van der Waals surface area contributed by atoms with Gasteiger partial charge in [0.1, 0.15) is 0 Å². The quantitative estimate of drug-likeness (QED) is 0.395. The maximum absolute atomic E-state index is 9.75. The molecule has 0 fully saturated rings. The predicted molar refractivity (Wildman–Crippen MR) is 62.4 cm³/mol. The Kier molecular flexibility index (Phi) is 20.2. The standard InChI is InChI=1S/C7H7O.3BF4.K/c1-8-7-5-3-2-4-6-7;3*2-1(3,4)5;/h2-5H,1H3;;;;/q4*-1;+1. The van der Waals surface area contributed by atoms with Crippen molar-refractivity contribution in [2.75, 3.05) is 7.11 Å². The summed E-state index contributed by atoms with van der Waals surface area (Å²) in [5.74, 6) is 0.785. The molecule has 0 aliphatic rings. The van der Waals surface area contributed by atoms with Gasteiger partial charge in [0.25, 0.3) is 0 Å². The van der Waals surface area contributed by atoms with E-state index in [1.54, 1.807) is 7.11 Å². The monoisotopic (exact) mass is 407 g/mol. The van der Waals surface area contributed by atoms with Crippen molar-refractivity contribution in [3.05, 3.63) is 30.3 Å². The van der Waals surface area contributed by atoms with Crippen LogP contribution >= 0.6 is 0 Å². The summed E-state index contributed by atoms with van der Waals surface area (Å²) in [7, 11) is -16.4. The van der Waals surface area contributed by atoms with Crippen LogP contribution in [0.4, 0.5) is 51.8 Å². The molecule has 1 rings (SSSR count). The molecule has 0 saturated heterocycles. The molecule has 0 aliphatic carbocycles. The summed E-state index contributed by atoms with van der Waals surface area (Å²) in [5, 5.41) is 0. The predicted octanol–water partition coefficient (Wildman–Crippen LogP) is 2.40. The van der Waals surface area contributed by atoms with Crippen molar-refractivity contribution in [1.29, 1.82) is 0 Å². The summed E-state index contributed by atoms with van der Waals surface area (Å²) < 4.78 is 122. The van der Waals surface area contributed by atoms with Gasteiger partial charge in [-0.3, -0.25) is 0 Å². The molecule has 0 amide bonds. The van der Waals surface area contributed by atoms with Gasteiger partial charge in [0.05, 0.1) is 7.11 Å². The maximum atomic E-state index is 9.75. The van der Waals surface area contributed by atoms with Gasteiger partial charge >= 0.3 is 73.1 Å². The first-order valence-corrected chi connectivity index (χ1v) is 5.06. The van der Waals surface area contributed by atoms with Crippen LogP contribution in [0.1, 0.15) is 0 Å². The van der Waals surface area contributed by atoms with E-state index in [-0.39, 0.29) is 51.4 Å². The zero-order valence-electron chi connectivity index (χ0n) is 12.0. The van der Waals surface area contributed by atoms with E-state index in [2.05, 4.69) is 6.07 Å². The Morgan fingerprint density at radius 1 is 0.708 bits per heavy atom. The normalized spacial score (nSPS) is 10.4. The van der Waals surface area contributed by atoms with E-state index in [1.165, 1.54) is 0 Å². The Labute approximate surface area is 171 Å². The maximum Gasteiger partial charge on any atom is 1.00 e. The van der Waals surface area contributed by atoms with Gasteiger partial charge in [0, 0.05) is 5.75 Å². The Bertz CT molecular complexity index is 334. The second kappa shape index (κ2) is 15.3. The molecule has 24 heavy (non-hydrogen) atoms. The van der Waals surface area contributed by atoms with Crippen molar-refractivity contribution in [1.82, 2.24) is 0 Å². The third-order valence-corrected chi connectivity index (χ3v) is 0.900. The smallest absolute Gasteiger partial charge is 0.523 e. The van der Waals surface area contributed by atoms with E-state index in [0.29, 0.717) is 0 Å². The van der Waals surface area contributed by atoms with Gasteiger partial charge in [-0.2, -0.15) is 18.2 Å². The van der Waals surface area contributed by atoms with Gasteiger partial charge < -0.3 is 56.5 Å². The van der Waals surface area contributed by atoms with Crippen LogP contribution in [0.5, 0.6) is 5.75 Å². The van der Waals surface area contributed by atoms with Crippen LogP contribution in [0.25, 0.3) is 0 Å². The number of benzene rings is 1. The van der Waals surface area contributed by atoms with Gasteiger partial charge in [-0.15, -0.1) is 12.1 Å². The molecular formula is C7H7B3F12KO-3. The van der Waals surface area contributed by atoms with Crippen LogP contribution in [0.2, 0.25) is 0 Å². The second-order valence-electron chi connectivity index (χ2n) is 2.92. The number of para-hydroxylation sites is 1. The number of hydrogen-bond donors (Lipinski definition) is 0. The number of ether oxygens (including phenoxy) is 1. The minimum Gasteiger partial charge on any atom is -0.523 e. The SMILES string of the molecule is COc1[c-]cccc1.F[B-](F)(F)F.F[B-](F)(F)F.F[B-](F)(F)F.[K+]. The molecule has 0 atom stereocenters. The van der Waals surface area contributed by atoms with Crippen molar-refractivity contribution in [2.45, 2.75) is 0 Å². The van der Waals surface area contributed by atoms with E-state index in [9.17, 15) is 51.8 Å². The zero-order valence-corrected chi connectivity index (χ0v) is 15.1. The summed E-state index contributed by atoms with van der Waals surface area (Å²) >= 11 is 0. The molecule has 17 heteroatoms. The molecule has 0 spiro atoms. The van der Waals surface area contributed by atoms with E-state index in [0.717, 1.165) is 5.75 Å². The van der Waals surface area contributed by atoms with Crippen LogP contribution in [-0.2, 0) is 0 Å². The molecule has 0 heterocycles. The molecule has 0 aliphatic heterocycles. The fraction of sp³-hybridized carbons (Fsp3) is 0.143. The molecule has 0 unspecified atom stereocenters. The fourth-order valence-corrected chi connectivity index (χ4v) is 0.504. The van der Waals surface area contributed by atoms with Gasteiger partial charge in [-0.1, -0.05) is 0 Å². The summed E-state index contributed by atoms with van der Waals surface area (Å²) in [5.41, 5.74) is 0. The third kappa shape index (κ3) is 97.0. The molecule has 1 aromatic rings. The largest absolute Gasteiger partial charge is 1.00 e. The van der Waals surface area contributed by atoms with E-state index in [1.807, 2.05) is 24.3 Å². The van der Waals surface area contributed by atoms with E-state index in [4.69, 9.17) is 4.74 Å². The molecular weight excluding hydrogens is 400 g/mol. The number of halogens is 12. The molecule has 0 bridgehead atoms. The minimum absolute atomic E-state index is 0. The molecule has 0 aromatic heterocycles. The Hall–Kier alpha value is 0.0112. The number of hydrogen-bond acceptors (Lipinski definition) is 1. The average Bonchev–Trinajstić information content (AvgIpc) is 2.23. The Morgan fingerprint density at radius 3 is 1.12 bits per heavy atom. The topological polar surface area (TPSA) is 9.23 Å². The first kappa shape index (κ1) is 31.8. The van der Waals surface area contributed by atoms with Gasteiger partial charge in [0.2, 0.25) is 0 Å². The Morgan fingerprint density at radius 2 is 1.00 bits per heavy atom. The van der Waals surface area contributed by atoms with Gasteiger partial charge in [-0.05, 0) is 0 Å². The van der Waals surface area contributed by atoms with Crippen LogP contribution in [0, 0.1) is 6.07 Å². The fourth-order valence-electron chi connectivity index (χ4n) is 0.504. The molecule has 1 nitrogen and oxygen atoms in total. The molecule has 1 aromatic carbocycles. The van der Waals surface area contributed by atoms with Crippen molar-refractivity contribution in [2.24, 2.45) is 0 Å². The molecule has 0 radical (unpaired) electrons. The van der Waals surface area contributed by atoms with E-state index >= 15 is 0 Å². The molecule has 0 N–H and O–H groups in total. The van der Waals surface area contributed by atoms with Crippen LogP contribution in [-0.4, -0.2) is 28.9 Å². The summed E-state index contributed by atoms with van der Waals surface area (Å²) in [6.07, 6.45) is 0. The minimum atomic E-state index is -6.00. The first-order chi connectivity index (χ1) is 9.93. The number of methoxy groups -OCH3 is 1. The van der Waals surface area contributed by atoms with Crippen molar-refractivity contribution in [3.8, 4) is 5.75 Å². The summed E-state index contributed by atoms with van der Waals surface area (Å²) in [6.45, 7) is 0. The van der Waals surface area contributed by atoms with Crippen molar-refractivity contribution in [3.63, 3.8) is 0 Å². The third-order valence-electron chi connectivity index (χ3n) is 0.900. The van der Waals surface area contributed by atoms with Crippen LogP contribution in [0.3, 0.4) is 0 Å². The molecule has 138 valence electrons. The van der Waals surface area contributed by atoms with Crippen LogP contribution in [0.15, 0.2) is 24.3 Å². The van der Waals surface area contributed by atoms with Crippen LogP contribution < -0.4 is 56.1 Å². The van der Waals surface area contributed by atoms with E-state index < -0.39 is 21.8 Å². The Balaban J connectivity index is -0.000000113.